The number of anilines is 1. The molecule has 4 nitrogen and oxygen atoms in total. The van der Waals surface area contributed by atoms with Crippen molar-refractivity contribution in [1.29, 1.82) is 0 Å². The molecule has 2 N–H and O–H groups in total. The zero-order valence-corrected chi connectivity index (χ0v) is 10.7. The van der Waals surface area contributed by atoms with Crippen molar-refractivity contribution in [2.45, 2.75) is 32.6 Å². The Morgan fingerprint density at radius 2 is 2.29 bits per heavy atom. The molecular formula is C13H22N4. The summed E-state index contributed by atoms with van der Waals surface area (Å²) in [6.45, 7) is 7.59. The number of rotatable bonds is 5. The lowest BCUT2D eigenvalue weighted by atomic mass is 10.1. The molecule has 4 heteroatoms. The minimum Gasteiger partial charge on any atom is -0.369 e. The van der Waals surface area contributed by atoms with Crippen LogP contribution in [0.15, 0.2) is 12.1 Å². The van der Waals surface area contributed by atoms with Crippen molar-refractivity contribution in [3.63, 3.8) is 0 Å². The monoisotopic (exact) mass is 234 g/mol. The normalized spacial score (nSPS) is 19.8. The van der Waals surface area contributed by atoms with Crippen LogP contribution >= 0.6 is 0 Å². The van der Waals surface area contributed by atoms with Gasteiger partial charge in [-0.05, 0) is 49.9 Å². The Labute approximate surface area is 103 Å². The van der Waals surface area contributed by atoms with Crippen molar-refractivity contribution in [3.05, 3.63) is 17.8 Å². The van der Waals surface area contributed by atoms with Crippen LogP contribution in [0.25, 0.3) is 0 Å². The molecule has 0 bridgehead atoms. The Morgan fingerprint density at radius 1 is 1.41 bits per heavy atom. The first-order valence-corrected chi connectivity index (χ1v) is 6.54. The van der Waals surface area contributed by atoms with E-state index < -0.39 is 0 Å². The molecule has 1 fully saturated rings. The zero-order chi connectivity index (χ0) is 12.1. The first kappa shape index (κ1) is 12.3. The summed E-state index contributed by atoms with van der Waals surface area (Å²) in [6.07, 6.45) is 2.51. The van der Waals surface area contributed by atoms with E-state index in [0.717, 1.165) is 24.0 Å². The molecule has 1 saturated heterocycles. The largest absolute Gasteiger partial charge is 0.369 e. The fourth-order valence-electron chi connectivity index (χ4n) is 2.11. The highest BCUT2D eigenvalue weighted by Gasteiger charge is 2.13. The topological polar surface area (TPSA) is 49.8 Å². The van der Waals surface area contributed by atoms with Crippen LogP contribution in [-0.2, 0) is 0 Å². The van der Waals surface area contributed by atoms with Gasteiger partial charge in [0.05, 0.1) is 5.69 Å². The zero-order valence-electron chi connectivity index (χ0n) is 10.7. The summed E-state index contributed by atoms with van der Waals surface area (Å²) in [5.41, 5.74) is 1.05. The molecule has 1 aromatic heterocycles. The molecule has 0 saturated carbocycles. The van der Waals surface area contributed by atoms with Crippen LogP contribution in [-0.4, -0.2) is 29.8 Å². The molecule has 0 radical (unpaired) electrons. The number of nitrogens with one attached hydrogen (secondary N) is 2. The van der Waals surface area contributed by atoms with Crippen molar-refractivity contribution < 1.29 is 0 Å². The highest BCUT2D eigenvalue weighted by molar-refractivity contribution is 5.33. The molecule has 2 rings (SSSR count). The fourth-order valence-corrected chi connectivity index (χ4v) is 2.11. The Hall–Kier alpha value is -1.16. The molecule has 2 heterocycles. The van der Waals surface area contributed by atoms with E-state index in [2.05, 4.69) is 40.7 Å². The second-order valence-electron chi connectivity index (χ2n) is 5.07. The lowest BCUT2D eigenvalue weighted by Crippen LogP contribution is -2.13. The third-order valence-corrected chi connectivity index (χ3v) is 3.30. The van der Waals surface area contributed by atoms with Crippen molar-refractivity contribution >= 4 is 5.82 Å². The fraction of sp³-hybridized carbons (Fsp3) is 0.692. The second kappa shape index (κ2) is 5.96. The number of nitrogens with zero attached hydrogens (tertiary/aromatic N) is 2. The molecule has 94 valence electrons. The molecule has 1 aromatic rings. The van der Waals surface area contributed by atoms with Gasteiger partial charge in [-0.1, -0.05) is 13.8 Å². The van der Waals surface area contributed by atoms with Gasteiger partial charge in [-0.3, -0.25) is 0 Å². The van der Waals surface area contributed by atoms with Crippen molar-refractivity contribution in [1.82, 2.24) is 15.5 Å². The van der Waals surface area contributed by atoms with E-state index in [1.54, 1.807) is 0 Å². The molecule has 17 heavy (non-hydrogen) atoms. The molecule has 0 aliphatic carbocycles. The molecule has 1 aliphatic heterocycles. The van der Waals surface area contributed by atoms with E-state index in [4.69, 9.17) is 0 Å². The SMILES string of the molecule is CC(C)c1ccc(NCCC2CCNC2)nn1. The summed E-state index contributed by atoms with van der Waals surface area (Å²) in [5, 5.41) is 15.1. The van der Waals surface area contributed by atoms with Crippen molar-refractivity contribution in [3.8, 4) is 0 Å². The summed E-state index contributed by atoms with van der Waals surface area (Å²) >= 11 is 0. The van der Waals surface area contributed by atoms with E-state index in [1.807, 2.05) is 6.07 Å². The molecule has 1 atom stereocenters. The second-order valence-corrected chi connectivity index (χ2v) is 5.07. The maximum atomic E-state index is 4.20. The van der Waals surface area contributed by atoms with Gasteiger partial charge in [0.15, 0.2) is 0 Å². The lowest BCUT2D eigenvalue weighted by molar-refractivity contribution is 0.548. The van der Waals surface area contributed by atoms with Gasteiger partial charge in [-0.2, -0.15) is 5.10 Å². The van der Waals surface area contributed by atoms with Crippen molar-refractivity contribution in [2.24, 2.45) is 5.92 Å². The quantitative estimate of drug-likeness (QED) is 0.818. The molecule has 1 unspecified atom stereocenters. The number of hydrogen-bond donors (Lipinski definition) is 2. The maximum Gasteiger partial charge on any atom is 0.148 e. The van der Waals surface area contributed by atoms with Gasteiger partial charge in [0.2, 0.25) is 0 Å². The average Bonchev–Trinajstić information content (AvgIpc) is 2.83. The molecule has 1 aliphatic rings. The number of aromatic nitrogens is 2. The number of hydrogen-bond acceptors (Lipinski definition) is 4. The highest BCUT2D eigenvalue weighted by atomic mass is 15.2. The van der Waals surface area contributed by atoms with E-state index in [-0.39, 0.29) is 0 Å². The minimum atomic E-state index is 0.445. The van der Waals surface area contributed by atoms with Crippen molar-refractivity contribution in [2.75, 3.05) is 25.0 Å². The Balaban J connectivity index is 1.74. The summed E-state index contributed by atoms with van der Waals surface area (Å²) in [6, 6.07) is 4.08. The molecule has 0 aromatic carbocycles. The first-order chi connectivity index (χ1) is 8.25. The third kappa shape index (κ3) is 3.66. The Kier molecular flexibility index (Phi) is 4.31. The van der Waals surface area contributed by atoms with Gasteiger partial charge >= 0.3 is 0 Å². The van der Waals surface area contributed by atoms with E-state index in [1.165, 1.54) is 25.9 Å². The van der Waals surface area contributed by atoms with Crippen LogP contribution in [0, 0.1) is 5.92 Å². The van der Waals surface area contributed by atoms with Gasteiger partial charge in [-0.15, -0.1) is 5.10 Å². The predicted molar refractivity (Wildman–Crippen MR) is 70.2 cm³/mol. The Bertz CT molecular complexity index is 328. The van der Waals surface area contributed by atoms with Gasteiger partial charge in [-0.25, -0.2) is 0 Å². The van der Waals surface area contributed by atoms with Gasteiger partial charge in [0.25, 0.3) is 0 Å². The first-order valence-electron chi connectivity index (χ1n) is 6.54. The molecule has 0 spiro atoms. The van der Waals surface area contributed by atoms with E-state index in [9.17, 15) is 0 Å². The van der Waals surface area contributed by atoms with Gasteiger partial charge in [0, 0.05) is 6.54 Å². The van der Waals surface area contributed by atoms with E-state index >= 15 is 0 Å². The smallest absolute Gasteiger partial charge is 0.148 e. The average molecular weight is 234 g/mol. The van der Waals surface area contributed by atoms with Gasteiger partial charge < -0.3 is 10.6 Å². The molecule has 0 amide bonds. The van der Waals surface area contributed by atoms with E-state index in [0.29, 0.717) is 5.92 Å². The third-order valence-electron chi connectivity index (χ3n) is 3.30. The van der Waals surface area contributed by atoms with Crippen LogP contribution in [0.5, 0.6) is 0 Å². The minimum absolute atomic E-state index is 0.445. The lowest BCUT2D eigenvalue weighted by Gasteiger charge is -2.10. The molecular weight excluding hydrogens is 212 g/mol. The standard InChI is InChI=1S/C13H22N4/c1-10(2)12-3-4-13(17-16-12)15-8-6-11-5-7-14-9-11/h3-4,10-11,14H,5-9H2,1-2H3,(H,15,17). The maximum absolute atomic E-state index is 4.20. The van der Waals surface area contributed by atoms with Crippen LogP contribution in [0.3, 0.4) is 0 Å². The van der Waals surface area contributed by atoms with Crippen LogP contribution in [0.2, 0.25) is 0 Å². The van der Waals surface area contributed by atoms with Crippen LogP contribution in [0.4, 0.5) is 5.82 Å². The van der Waals surface area contributed by atoms with Gasteiger partial charge in [0.1, 0.15) is 5.82 Å². The van der Waals surface area contributed by atoms with Crippen LogP contribution in [0.1, 0.15) is 38.3 Å². The Morgan fingerprint density at radius 3 is 2.88 bits per heavy atom. The summed E-state index contributed by atoms with van der Waals surface area (Å²) in [7, 11) is 0. The van der Waals surface area contributed by atoms with Crippen LogP contribution < -0.4 is 10.6 Å². The summed E-state index contributed by atoms with van der Waals surface area (Å²) in [5.74, 6) is 2.16. The highest BCUT2D eigenvalue weighted by Crippen LogP contribution is 2.14. The predicted octanol–water partition coefficient (Wildman–Crippen LogP) is 2.01. The summed E-state index contributed by atoms with van der Waals surface area (Å²) < 4.78 is 0. The summed E-state index contributed by atoms with van der Waals surface area (Å²) in [4.78, 5) is 0.